The van der Waals surface area contributed by atoms with Crippen LogP contribution in [0, 0.1) is 0 Å². The Hall–Kier alpha value is -2.78. The van der Waals surface area contributed by atoms with Crippen LogP contribution in [0.25, 0.3) is 10.9 Å². The number of carbonyl (C=O) groups excluding carboxylic acids is 1. The van der Waals surface area contributed by atoms with Crippen LogP contribution in [-0.4, -0.2) is 52.9 Å². The summed E-state index contributed by atoms with van der Waals surface area (Å²) in [4.78, 5) is 22.7. The lowest BCUT2D eigenvalue weighted by Gasteiger charge is -2.33. The van der Waals surface area contributed by atoms with Crippen molar-refractivity contribution in [3.63, 3.8) is 0 Å². The molecule has 4 rings (SSSR count). The average molecular weight is 539 g/mol. The lowest BCUT2D eigenvalue weighted by Crippen LogP contribution is -2.44. The molecule has 194 valence electrons. The van der Waals surface area contributed by atoms with Crippen molar-refractivity contribution in [3.05, 3.63) is 40.0 Å². The van der Waals surface area contributed by atoms with Crippen molar-refractivity contribution in [2.24, 2.45) is 0 Å². The Labute approximate surface area is 219 Å². The number of rotatable bonds is 5. The van der Waals surface area contributed by atoms with Crippen LogP contribution in [0.1, 0.15) is 46.5 Å². The number of nitrogens with zero attached hydrogens (tertiary/aromatic N) is 3. The SMILES string of the molecule is COc1cc2ncnc(NC3=C(F)C(Cl)=C(Cl)CC3)c2cc1OC1CCN(C(=O)OC(C)(C)C)CC1. The molecule has 1 amide bonds. The fourth-order valence-electron chi connectivity index (χ4n) is 4.04. The van der Waals surface area contributed by atoms with E-state index >= 15 is 0 Å². The Morgan fingerprint density at radius 2 is 1.86 bits per heavy atom. The van der Waals surface area contributed by atoms with E-state index in [1.165, 1.54) is 6.33 Å². The molecule has 8 nitrogen and oxygen atoms in total. The number of benzene rings is 1. The van der Waals surface area contributed by atoms with Crippen molar-refractivity contribution in [2.75, 3.05) is 25.5 Å². The van der Waals surface area contributed by atoms with Gasteiger partial charge in [-0.1, -0.05) is 23.2 Å². The van der Waals surface area contributed by atoms with Crippen LogP contribution < -0.4 is 14.8 Å². The number of methoxy groups -OCH3 is 1. The molecule has 1 aromatic carbocycles. The van der Waals surface area contributed by atoms with Crippen molar-refractivity contribution < 1.29 is 23.4 Å². The molecular formula is C25H29Cl2FN4O4. The van der Waals surface area contributed by atoms with Gasteiger partial charge in [0.05, 0.1) is 23.4 Å². The Morgan fingerprint density at radius 3 is 2.53 bits per heavy atom. The van der Waals surface area contributed by atoms with E-state index in [4.69, 9.17) is 37.4 Å². The van der Waals surface area contributed by atoms with Crippen molar-refractivity contribution in [1.29, 1.82) is 0 Å². The first-order valence-electron chi connectivity index (χ1n) is 11.7. The second-order valence-electron chi connectivity index (χ2n) is 9.66. The number of nitrogens with one attached hydrogen (secondary N) is 1. The molecule has 0 unspecified atom stereocenters. The molecule has 1 aliphatic carbocycles. The second-order valence-corrected chi connectivity index (χ2v) is 10.5. The zero-order valence-corrected chi connectivity index (χ0v) is 22.2. The topological polar surface area (TPSA) is 85.8 Å². The van der Waals surface area contributed by atoms with Crippen molar-refractivity contribution in [2.45, 2.75) is 58.2 Å². The van der Waals surface area contributed by atoms with Crippen LogP contribution >= 0.6 is 23.2 Å². The lowest BCUT2D eigenvalue weighted by atomic mass is 10.1. The first-order chi connectivity index (χ1) is 17.1. The van der Waals surface area contributed by atoms with E-state index < -0.39 is 11.4 Å². The number of fused-ring (bicyclic) bond motifs is 1. The van der Waals surface area contributed by atoms with E-state index in [-0.39, 0.29) is 17.2 Å². The molecule has 1 aromatic heterocycles. The van der Waals surface area contributed by atoms with E-state index in [0.717, 1.165) is 0 Å². The first-order valence-corrected chi connectivity index (χ1v) is 12.5. The highest BCUT2D eigenvalue weighted by Crippen LogP contribution is 2.39. The summed E-state index contributed by atoms with van der Waals surface area (Å²) in [7, 11) is 1.56. The number of amides is 1. The molecule has 2 aromatic rings. The van der Waals surface area contributed by atoms with Crippen molar-refractivity contribution in [3.8, 4) is 11.5 Å². The monoisotopic (exact) mass is 538 g/mol. The molecule has 36 heavy (non-hydrogen) atoms. The van der Waals surface area contributed by atoms with Crippen LogP contribution in [-0.2, 0) is 4.74 Å². The second kappa shape index (κ2) is 10.7. The normalized spacial score (nSPS) is 17.5. The van der Waals surface area contributed by atoms with Gasteiger partial charge in [0.15, 0.2) is 17.3 Å². The summed E-state index contributed by atoms with van der Waals surface area (Å²) in [6.45, 7) is 6.59. The molecule has 1 fully saturated rings. The molecule has 0 radical (unpaired) electrons. The predicted octanol–water partition coefficient (Wildman–Crippen LogP) is 6.49. The van der Waals surface area contributed by atoms with Gasteiger partial charge in [-0.05, 0) is 39.7 Å². The summed E-state index contributed by atoms with van der Waals surface area (Å²) in [5, 5.41) is 3.89. The molecule has 11 heteroatoms. The van der Waals surface area contributed by atoms with Gasteiger partial charge in [0.1, 0.15) is 23.9 Å². The van der Waals surface area contributed by atoms with E-state index in [0.29, 0.717) is 77.7 Å². The molecule has 2 aliphatic rings. The van der Waals surface area contributed by atoms with Crippen LogP contribution in [0.15, 0.2) is 40.0 Å². The average Bonchev–Trinajstić information content (AvgIpc) is 2.83. The lowest BCUT2D eigenvalue weighted by molar-refractivity contribution is 0.0124. The molecule has 1 aliphatic heterocycles. The maximum Gasteiger partial charge on any atom is 0.410 e. The number of allylic oxidation sites excluding steroid dienone is 4. The minimum absolute atomic E-state index is 0.0906. The Bertz CT molecular complexity index is 1220. The Morgan fingerprint density at radius 1 is 1.14 bits per heavy atom. The molecule has 0 atom stereocenters. The molecule has 0 bridgehead atoms. The molecule has 2 heterocycles. The van der Waals surface area contributed by atoms with Gasteiger partial charge >= 0.3 is 6.09 Å². The first kappa shape index (κ1) is 26.3. The number of halogens is 3. The third-order valence-corrected chi connectivity index (χ3v) is 6.74. The number of likely N-dealkylation sites (tertiary alicyclic amines) is 1. The van der Waals surface area contributed by atoms with Crippen molar-refractivity contribution in [1.82, 2.24) is 14.9 Å². The standard InChI is InChI=1S/C25H29Cl2FN4O4/c1-25(2,3)36-24(33)32-9-7-14(8-10-32)35-20-11-15-18(12-19(20)34-4)29-13-30-23(15)31-17-6-5-16(26)21(27)22(17)28/h11-14H,5-10H2,1-4H3,(H,29,30,31). The zero-order chi connectivity index (χ0) is 26.0. The fourth-order valence-corrected chi connectivity index (χ4v) is 4.43. The van der Waals surface area contributed by atoms with Gasteiger partial charge in [-0.2, -0.15) is 0 Å². The number of hydrogen-bond donors (Lipinski definition) is 1. The molecule has 0 saturated carbocycles. The molecule has 0 spiro atoms. The van der Waals surface area contributed by atoms with Gasteiger partial charge < -0.3 is 24.4 Å². The summed E-state index contributed by atoms with van der Waals surface area (Å²) in [6, 6.07) is 3.53. The van der Waals surface area contributed by atoms with E-state index in [2.05, 4.69) is 15.3 Å². The van der Waals surface area contributed by atoms with E-state index in [1.807, 2.05) is 20.8 Å². The molecule has 1 saturated heterocycles. The van der Waals surface area contributed by atoms with Gasteiger partial charge in [-0.25, -0.2) is 19.2 Å². The molecular weight excluding hydrogens is 510 g/mol. The van der Waals surface area contributed by atoms with Crippen LogP contribution in [0.5, 0.6) is 11.5 Å². The van der Waals surface area contributed by atoms with Crippen molar-refractivity contribution >= 4 is 46.0 Å². The van der Waals surface area contributed by atoms with Gasteiger partial charge in [-0.3, -0.25) is 0 Å². The number of piperidine rings is 1. The largest absolute Gasteiger partial charge is 0.493 e. The quantitative estimate of drug-likeness (QED) is 0.465. The highest BCUT2D eigenvalue weighted by molar-refractivity contribution is 6.40. The number of carbonyl (C=O) groups is 1. The minimum atomic E-state index is -0.596. The summed E-state index contributed by atoms with van der Waals surface area (Å²) in [5.41, 5.74) is 0.367. The number of ether oxygens (including phenoxy) is 3. The summed E-state index contributed by atoms with van der Waals surface area (Å²) in [6.07, 6.45) is 3.02. The number of anilines is 1. The predicted molar refractivity (Wildman–Crippen MR) is 137 cm³/mol. The summed E-state index contributed by atoms with van der Waals surface area (Å²) >= 11 is 12.0. The Balaban J connectivity index is 1.53. The van der Waals surface area contributed by atoms with Gasteiger partial charge in [0, 0.05) is 42.4 Å². The van der Waals surface area contributed by atoms with Crippen LogP contribution in [0.2, 0.25) is 0 Å². The maximum absolute atomic E-state index is 14.7. The maximum atomic E-state index is 14.7. The van der Waals surface area contributed by atoms with Gasteiger partial charge in [0.25, 0.3) is 0 Å². The third kappa shape index (κ3) is 5.95. The van der Waals surface area contributed by atoms with Crippen LogP contribution in [0.4, 0.5) is 15.0 Å². The van der Waals surface area contributed by atoms with Crippen LogP contribution in [0.3, 0.4) is 0 Å². The highest BCUT2D eigenvalue weighted by atomic mass is 35.5. The summed E-state index contributed by atoms with van der Waals surface area (Å²) < 4.78 is 32.0. The molecule has 1 N–H and O–H groups in total. The number of aromatic nitrogens is 2. The summed E-state index contributed by atoms with van der Waals surface area (Å²) in [5.74, 6) is 0.849. The smallest absolute Gasteiger partial charge is 0.410 e. The van der Waals surface area contributed by atoms with Gasteiger partial charge in [-0.15, -0.1) is 0 Å². The highest BCUT2D eigenvalue weighted by Gasteiger charge is 2.28. The number of hydrogen-bond acceptors (Lipinski definition) is 7. The third-order valence-electron chi connectivity index (χ3n) is 5.87. The zero-order valence-electron chi connectivity index (χ0n) is 20.7. The Kier molecular flexibility index (Phi) is 7.80. The fraction of sp³-hybridized carbons (Fsp3) is 0.480. The minimum Gasteiger partial charge on any atom is -0.493 e. The van der Waals surface area contributed by atoms with E-state index in [1.54, 1.807) is 24.1 Å². The van der Waals surface area contributed by atoms with Gasteiger partial charge in [0.2, 0.25) is 0 Å². The van der Waals surface area contributed by atoms with E-state index in [9.17, 15) is 9.18 Å².